The third-order valence-electron chi connectivity index (χ3n) is 2.63. The van der Waals surface area contributed by atoms with Crippen LogP contribution in [0.15, 0.2) is 0 Å². The van der Waals surface area contributed by atoms with Gasteiger partial charge in [-0.2, -0.15) is 0 Å². The highest BCUT2D eigenvalue weighted by atomic mass is 16.2. The van der Waals surface area contributed by atoms with Crippen molar-refractivity contribution >= 4 is 5.91 Å². The molecule has 3 nitrogen and oxygen atoms in total. The maximum atomic E-state index is 11.8. The van der Waals surface area contributed by atoms with Crippen LogP contribution in [0.25, 0.3) is 0 Å². The zero-order chi connectivity index (χ0) is 11.1. The standard InChI is InChI=1S/C11H24N2O/c1-5-7-9(3)13(4)11(14)10(12)8-6-2/h9-10H,5-8,12H2,1-4H3/t9?,10-/m1/s1. The number of carbonyl (C=O) groups is 1. The predicted molar refractivity (Wildman–Crippen MR) is 60.0 cm³/mol. The van der Waals surface area contributed by atoms with Crippen LogP contribution in [-0.4, -0.2) is 29.9 Å². The number of rotatable bonds is 6. The summed E-state index contributed by atoms with van der Waals surface area (Å²) in [5.41, 5.74) is 5.77. The van der Waals surface area contributed by atoms with Gasteiger partial charge in [0.15, 0.2) is 0 Å². The van der Waals surface area contributed by atoms with Crippen molar-refractivity contribution in [3.8, 4) is 0 Å². The van der Waals surface area contributed by atoms with Crippen LogP contribution in [0, 0.1) is 0 Å². The van der Waals surface area contributed by atoms with Crippen molar-refractivity contribution in [2.24, 2.45) is 5.73 Å². The lowest BCUT2D eigenvalue weighted by Gasteiger charge is -2.27. The van der Waals surface area contributed by atoms with Crippen molar-refractivity contribution in [2.75, 3.05) is 7.05 Å². The van der Waals surface area contributed by atoms with Gasteiger partial charge in [0.2, 0.25) is 5.91 Å². The van der Waals surface area contributed by atoms with Gasteiger partial charge in [-0.1, -0.05) is 26.7 Å². The van der Waals surface area contributed by atoms with Gasteiger partial charge in [0.1, 0.15) is 0 Å². The second-order valence-corrected chi connectivity index (χ2v) is 3.98. The summed E-state index contributed by atoms with van der Waals surface area (Å²) in [4.78, 5) is 13.5. The molecule has 0 aromatic rings. The Morgan fingerprint density at radius 3 is 2.21 bits per heavy atom. The second-order valence-electron chi connectivity index (χ2n) is 3.98. The van der Waals surface area contributed by atoms with Crippen LogP contribution < -0.4 is 5.73 Å². The number of likely N-dealkylation sites (N-methyl/N-ethyl adjacent to an activating group) is 1. The molecule has 0 aliphatic heterocycles. The molecule has 0 aliphatic rings. The second kappa shape index (κ2) is 6.82. The summed E-state index contributed by atoms with van der Waals surface area (Å²) in [6.45, 7) is 6.24. The molecule has 84 valence electrons. The molecule has 0 aromatic carbocycles. The van der Waals surface area contributed by atoms with E-state index in [4.69, 9.17) is 5.73 Å². The largest absolute Gasteiger partial charge is 0.342 e. The Labute approximate surface area is 87.6 Å². The summed E-state index contributed by atoms with van der Waals surface area (Å²) < 4.78 is 0. The molecule has 0 saturated carbocycles. The fraction of sp³-hybridized carbons (Fsp3) is 0.909. The van der Waals surface area contributed by atoms with Gasteiger partial charge in [0, 0.05) is 13.1 Å². The first-order valence-electron chi connectivity index (χ1n) is 5.56. The summed E-state index contributed by atoms with van der Waals surface area (Å²) in [6.07, 6.45) is 3.88. The monoisotopic (exact) mass is 200 g/mol. The Kier molecular flexibility index (Phi) is 6.54. The van der Waals surface area contributed by atoms with E-state index >= 15 is 0 Å². The molecule has 0 aromatic heterocycles. The summed E-state index contributed by atoms with van der Waals surface area (Å²) in [7, 11) is 1.85. The third kappa shape index (κ3) is 4.09. The zero-order valence-corrected chi connectivity index (χ0v) is 9.92. The molecule has 0 bridgehead atoms. The Morgan fingerprint density at radius 1 is 1.29 bits per heavy atom. The molecular weight excluding hydrogens is 176 g/mol. The van der Waals surface area contributed by atoms with Gasteiger partial charge in [-0.15, -0.1) is 0 Å². The molecule has 0 rings (SSSR count). The number of amides is 1. The van der Waals surface area contributed by atoms with Gasteiger partial charge in [-0.05, 0) is 19.8 Å². The molecule has 1 unspecified atom stereocenters. The quantitative estimate of drug-likeness (QED) is 0.710. The SMILES string of the molecule is CCCC(C)N(C)C(=O)[C@H](N)CCC. The first-order valence-corrected chi connectivity index (χ1v) is 5.56. The minimum Gasteiger partial charge on any atom is -0.342 e. The summed E-state index contributed by atoms with van der Waals surface area (Å²) in [5.74, 6) is 0.0767. The van der Waals surface area contributed by atoms with Crippen LogP contribution >= 0.6 is 0 Å². The van der Waals surface area contributed by atoms with Crippen molar-refractivity contribution in [1.82, 2.24) is 4.90 Å². The van der Waals surface area contributed by atoms with Gasteiger partial charge in [-0.25, -0.2) is 0 Å². The normalized spacial score (nSPS) is 14.9. The maximum Gasteiger partial charge on any atom is 0.239 e. The topological polar surface area (TPSA) is 46.3 Å². The summed E-state index contributed by atoms with van der Waals surface area (Å²) >= 11 is 0. The molecule has 1 amide bonds. The minimum atomic E-state index is -0.315. The van der Waals surface area contributed by atoms with Gasteiger partial charge >= 0.3 is 0 Å². The lowest BCUT2D eigenvalue weighted by molar-refractivity contribution is -0.133. The maximum absolute atomic E-state index is 11.8. The van der Waals surface area contributed by atoms with Crippen LogP contribution in [0.2, 0.25) is 0 Å². The first-order chi connectivity index (χ1) is 6.54. The van der Waals surface area contributed by atoms with Gasteiger partial charge < -0.3 is 10.6 Å². The number of carbonyl (C=O) groups excluding carboxylic acids is 1. The minimum absolute atomic E-state index is 0.0767. The molecule has 0 spiro atoms. The van der Waals surface area contributed by atoms with E-state index in [2.05, 4.69) is 13.8 Å². The number of hydrogen-bond acceptors (Lipinski definition) is 2. The van der Waals surface area contributed by atoms with Crippen molar-refractivity contribution in [3.63, 3.8) is 0 Å². The van der Waals surface area contributed by atoms with Gasteiger partial charge in [0.25, 0.3) is 0 Å². The van der Waals surface area contributed by atoms with Gasteiger partial charge in [-0.3, -0.25) is 4.79 Å². The number of hydrogen-bond donors (Lipinski definition) is 1. The molecule has 0 saturated heterocycles. The lowest BCUT2D eigenvalue weighted by atomic mass is 10.1. The highest BCUT2D eigenvalue weighted by molar-refractivity contribution is 5.81. The van der Waals surface area contributed by atoms with E-state index in [1.807, 2.05) is 14.0 Å². The zero-order valence-electron chi connectivity index (χ0n) is 9.92. The Balaban J connectivity index is 4.09. The fourth-order valence-electron chi connectivity index (χ4n) is 1.52. The van der Waals surface area contributed by atoms with E-state index in [1.165, 1.54) is 0 Å². The van der Waals surface area contributed by atoms with E-state index in [0.29, 0.717) is 6.04 Å². The van der Waals surface area contributed by atoms with Crippen molar-refractivity contribution in [1.29, 1.82) is 0 Å². The molecular formula is C11H24N2O. The van der Waals surface area contributed by atoms with Crippen LogP contribution in [-0.2, 0) is 4.79 Å². The van der Waals surface area contributed by atoms with Crippen molar-refractivity contribution in [2.45, 2.75) is 58.5 Å². The molecule has 3 heteroatoms. The summed E-state index contributed by atoms with van der Waals surface area (Å²) in [5, 5.41) is 0. The van der Waals surface area contributed by atoms with E-state index < -0.39 is 0 Å². The average Bonchev–Trinajstić information content (AvgIpc) is 2.16. The van der Waals surface area contributed by atoms with Crippen LogP contribution in [0.1, 0.15) is 46.5 Å². The fourth-order valence-corrected chi connectivity index (χ4v) is 1.52. The molecule has 0 aliphatic carbocycles. The van der Waals surface area contributed by atoms with Crippen molar-refractivity contribution in [3.05, 3.63) is 0 Å². The van der Waals surface area contributed by atoms with Crippen LogP contribution in [0.5, 0.6) is 0 Å². The molecule has 14 heavy (non-hydrogen) atoms. The number of nitrogens with zero attached hydrogens (tertiary/aromatic N) is 1. The van der Waals surface area contributed by atoms with E-state index in [9.17, 15) is 4.79 Å². The highest BCUT2D eigenvalue weighted by Gasteiger charge is 2.20. The van der Waals surface area contributed by atoms with E-state index in [-0.39, 0.29) is 11.9 Å². The molecule has 0 radical (unpaired) electrons. The average molecular weight is 200 g/mol. The highest BCUT2D eigenvalue weighted by Crippen LogP contribution is 2.07. The van der Waals surface area contributed by atoms with E-state index in [1.54, 1.807) is 4.90 Å². The number of nitrogens with two attached hydrogens (primary N) is 1. The summed E-state index contributed by atoms with van der Waals surface area (Å²) in [6, 6.07) is -0.0142. The van der Waals surface area contributed by atoms with Crippen molar-refractivity contribution < 1.29 is 4.79 Å². The van der Waals surface area contributed by atoms with E-state index in [0.717, 1.165) is 25.7 Å². The molecule has 2 atom stereocenters. The van der Waals surface area contributed by atoms with Gasteiger partial charge in [0.05, 0.1) is 6.04 Å². The molecule has 0 heterocycles. The first kappa shape index (κ1) is 13.4. The Bertz CT molecular complexity index is 171. The lowest BCUT2D eigenvalue weighted by Crippen LogP contribution is -2.45. The third-order valence-corrected chi connectivity index (χ3v) is 2.63. The smallest absolute Gasteiger partial charge is 0.239 e. The van der Waals surface area contributed by atoms with Crippen LogP contribution in [0.4, 0.5) is 0 Å². The molecule has 2 N–H and O–H groups in total. The van der Waals surface area contributed by atoms with Crippen LogP contribution in [0.3, 0.4) is 0 Å². The predicted octanol–water partition coefficient (Wildman–Crippen LogP) is 1.76. The molecule has 0 fully saturated rings. The Hall–Kier alpha value is -0.570. The Morgan fingerprint density at radius 2 is 1.79 bits per heavy atom.